The second-order valence-corrected chi connectivity index (χ2v) is 7.04. The van der Waals surface area contributed by atoms with Crippen molar-refractivity contribution in [3.63, 3.8) is 0 Å². The van der Waals surface area contributed by atoms with Crippen molar-refractivity contribution in [1.29, 1.82) is 0 Å². The molecule has 6 nitrogen and oxygen atoms in total. The van der Waals surface area contributed by atoms with Gasteiger partial charge in [-0.2, -0.15) is 5.10 Å². The van der Waals surface area contributed by atoms with Gasteiger partial charge in [0.05, 0.1) is 13.3 Å². The molecule has 0 aromatic heterocycles. The van der Waals surface area contributed by atoms with Gasteiger partial charge in [-0.25, -0.2) is 5.43 Å². The van der Waals surface area contributed by atoms with Crippen LogP contribution in [0.5, 0.6) is 5.75 Å². The first-order chi connectivity index (χ1) is 14.5. The van der Waals surface area contributed by atoms with E-state index < -0.39 is 0 Å². The summed E-state index contributed by atoms with van der Waals surface area (Å²) in [7, 11) is 1.63. The molecule has 0 heterocycles. The SMILES string of the molecule is COc1ccc(C=NNC(=O)CCC(=O)Nc2ccc(C)c(C)c2)c2ccccc12. The zero-order valence-corrected chi connectivity index (χ0v) is 17.4. The number of carbonyl (C=O) groups is 2. The Labute approximate surface area is 175 Å². The zero-order valence-electron chi connectivity index (χ0n) is 17.4. The van der Waals surface area contributed by atoms with Crippen molar-refractivity contribution in [3.8, 4) is 5.75 Å². The Bertz CT molecular complexity index is 1110. The first-order valence-corrected chi connectivity index (χ1v) is 9.72. The predicted molar refractivity (Wildman–Crippen MR) is 120 cm³/mol. The van der Waals surface area contributed by atoms with Crippen molar-refractivity contribution in [3.05, 3.63) is 71.3 Å². The Morgan fingerprint density at radius 3 is 2.40 bits per heavy atom. The summed E-state index contributed by atoms with van der Waals surface area (Å²) in [5.41, 5.74) is 6.33. The van der Waals surface area contributed by atoms with Crippen LogP contribution in [0.3, 0.4) is 0 Å². The first-order valence-electron chi connectivity index (χ1n) is 9.72. The van der Waals surface area contributed by atoms with Crippen LogP contribution in [-0.4, -0.2) is 25.1 Å². The Balaban J connectivity index is 1.53. The molecule has 0 radical (unpaired) electrons. The number of aryl methyl sites for hydroxylation is 2. The van der Waals surface area contributed by atoms with E-state index in [4.69, 9.17) is 4.74 Å². The van der Waals surface area contributed by atoms with Crippen molar-refractivity contribution in [2.75, 3.05) is 12.4 Å². The van der Waals surface area contributed by atoms with Gasteiger partial charge in [0, 0.05) is 29.5 Å². The minimum absolute atomic E-state index is 0.0530. The molecule has 3 rings (SSSR count). The van der Waals surface area contributed by atoms with Crippen LogP contribution < -0.4 is 15.5 Å². The molecule has 0 atom stereocenters. The Morgan fingerprint density at radius 2 is 1.67 bits per heavy atom. The third kappa shape index (κ3) is 5.23. The van der Waals surface area contributed by atoms with Gasteiger partial charge in [0.1, 0.15) is 5.75 Å². The summed E-state index contributed by atoms with van der Waals surface area (Å²) in [6.45, 7) is 4.00. The summed E-state index contributed by atoms with van der Waals surface area (Å²) in [5.74, 6) is 0.249. The highest BCUT2D eigenvalue weighted by Crippen LogP contribution is 2.27. The van der Waals surface area contributed by atoms with E-state index in [9.17, 15) is 9.59 Å². The van der Waals surface area contributed by atoms with Gasteiger partial charge >= 0.3 is 0 Å². The standard InChI is InChI=1S/C24H25N3O3/c1-16-8-10-19(14-17(16)2)26-23(28)12-13-24(29)27-25-15-18-9-11-22(30-3)21-7-5-4-6-20(18)21/h4-11,14-15H,12-13H2,1-3H3,(H,26,28)(H,27,29). The third-order valence-electron chi connectivity index (χ3n) is 4.90. The van der Waals surface area contributed by atoms with Gasteiger partial charge in [0.2, 0.25) is 11.8 Å². The van der Waals surface area contributed by atoms with Crippen molar-refractivity contribution in [1.82, 2.24) is 5.43 Å². The fraction of sp³-hybridized carbons (Fsp3) is 0.208. The van der Waals surface area contributed by atoms with Crippen molar-refractivity contribution in [2.24, 2.45) is 5.10 Å². The van der Waals surface area contributed by atoms with Gasteiger partial charge in [-0.3, -0.25) is 9.59 Å². The number of ether oxygens (including phenoxy) is 1. The molecule has 30 heavy (non-hydrogen) atoms. The van der Waals surface area contributed by atoms with Crippen molar-refractivity contribution in [2.45, 2.75) is 26.7 Å². The minimum Gasteiger partial charge on any atom is -0.496 e. The lowest BCUT2D eigenvalue weighted by Gasteiger charge is -2.08. The number of benzene rings is 3. The molecule has 0 unspecified atom stereocenters. The van der Waals surface area contributed by atoms with Crippen LogP contribution >= 0.6 is 0 Å². The summed E-state index contributed by atoms with van der Waals surface area (Å²) in [5, 5.41) is 8.79. The number of nitrogens with one attached hydrogen (secondary N) is 2. The lowest BCUT2D eigenvalue weighted by atomic mass is 10.0. The summed E-state index contributed by atoms with van der Waals surface area (Å²) < 4.78 is 5.38. The maximum atomic E-state index is 12.1. The molecule has 3 aromatic rings. The van der Waals surface area contributed by atoms with Crippen LogP contribution in [0.25, 0.3) is 10.8 Å². The Morgan fingerprint density at radius 1 is 0.933 bits per heavy atom. The van der Waals surface area contributed by atoms with E-state index in [1.54, 1.807) is 13.3 Å². The molecule has 0 aliphatic carbocycles. The average molecular weight is 403 g/mol. The molecule has 154 valence electrons. The molecule has 0 aliphatic heterocycles. The number of fused-ring (bicyclic) bond motifs is 1. The van der Waals surface area contributed by atoms with E-state index in [-0.39, 0.29) is 24.7 Å². The van der Waals surface area contributed by atoms with Crippen LogP contribution in [0.4, 0.5) is 5.69 Å². The predicted octanol–water partition coefficient (Wildman–Crippen LogP) is 4.33. The molecular weight excluding hydrogens is 378 g/mol. The topological polar surface area (TPSA) is 79.8 Å². The molecule has 0 saturated carbocycles. The molecule has 3 aromatic carbocycles. The highest BCUT2D eigenvalue weighted by Gasteiger charge is 2.08. The van der Waals surface area contributed by atoms with Gasteiger partial charge in [-0.1, -0.05) is 30.3 Å². The molecule has 0 saturated heterocycles. The van der Waals surface area contributed by atoms with Crippen LogP contribution in [-0.2, 0) is 9.59 Å². The highest BCUT2D eigenvalue weighted by molar-refractivity contribution is 6.02. The van der Waals surface area contributed by atoms with E-state index in [0.29, 0.717) is 0 Å². The van der Waals surface area contributed by atoms with E-state index in [0.717, 1.165) is 38.9 Å². The number of carbonyl (C=O) groups excluding carboxylic acids is 2. The quantitative estimate of drug-likeness (QED) is 0.455. The van der Waals surface area contributed by atoms with Crippen LogP contribution in [0, 0.1) is 13.8 Å². The van der Waals surface area contributed by atoms with Crippen molar-refractivity contribution >= 4 is 34.5 Å². The fourth-order valence-corrected chi connectivity index (χ4v) is 3.08. The number of amides is 2. The molecule has 2 N–H and O–H groups in total. The number of hydrazone groups is 1. The van der Waals surface area contributed by atoms with Gasteiger partial charge < -0.3 is 10.1 Å². The lowest BCUT2D eigenvalue weighted by Crippen LogP contribution is -2.20. The fourth-order valence-electron chi connectivity index (χ4n) is 3.08. The molecule has 0 spiro atoms. The van der Waals surface area contributed by atoms with E-state index in [2.05, 4.69) is 15.8 Å². The van der Waals surface area contributed by atoms with E-state index in [1.807, 2.05) is 68.4 Å². The Hall–Kier alpha value is -3.67. The average Bonchev–Trinajstić information content (AvgIpc) is 2.75. The number of anilines is 1. The van der Waals surface area contributed by atoms with E-state index >= 15 is 0 Å². The van der Waals surface area contributed by atoms with Gasteiger partial charge in [0.25, 0.3) is 0 Å². The maximum absolute atomic E-state index is 12.1. The summed E-state index contributed by atoms with van der Waals surface area (Å²) >= 11 is 0. The highest BCUT2D eigenvalue weighted by atomic mass is 16.5. The van der Waals surface area contributed by atoms with Crippen LogP contribution in [0.2, 0.25) is 0 Å². The smallest absolute Gasteiger partial charge is 0.240 e. The number of hydrogen-bond acceptors (Lipinski definition) is 4. The largest absolute Gasteiger partial charge is 0.496 e. The third-order valence-corrected chi connectivity index (χ3v) is 4.90. The number of nitrogens with zero attached hydrogens (tertiary/aromatic N) is 1. The van der Waals surface area contributed by atoms with E-state index in [1.165, 1.54) is 0 Å². The zero-order chi connectivity index (χ0) is 21.5. The molecule has 6 heteroatoms. The molecular formula is C24H25N3O3. The first kappa shape index (κ1) is 21.0. The number of rotatable bonds is 7. The summed E-state index contributed by atoms with van der Waals surface area (Å²) in [6.07, 6.45) is 1.73. The molecule has 0 aliphatic rings. The van der Waals surface area contributed by atoms with Gasteiger partial charge in [-0.05, 0) is 54.6 Å². The number of hydrogen-bond donors (Lipinski definition) is 2. The molecule has 0 bridgehead atoms. The lowest BCUT2D eigenvalue weighted by molar-refractivity contribution is -0.124. The summed E-state index contributed by atoms with van der Waals surface area (Å²) in [4.78, 5) is 24.1. The molecule has 0 fully saturated rings. The van der Waals surface area contributed by atoms with Gasteiger partial charge in [-0.15, -0.1) is 0 Å². The van der Waals surface area contributed by atoms with Crippen LogP contribution in [0.15, 0.2) is 59.7 Å². The second kappa shape index (κ2) is 9.69. The maximum Gasteiger partial charge on any atom is 0.240 e. The van der Waals surface area contributed by atoms with Gasteiger partial charge in [0.15, 0.2) is 0 Å². The van der Waals surface area contributed by atoms with Crippen LogP contribution in [0.1, 0.15) is 29.5 Å². The van der Waals surface area contributed by atoms with Crippen molar-refractivity contribution < 1.29 is 14.3 Å². The Kier molecular flexibility index (Phi) is 6.80. The molecule has 2 amide bonds. The second-order valence-electron chi connectivity index (χ2n) is 7.04. The minimum atomic E-state index is -0.320. The number of methoxy groups -OCH3 is 1. The normalized spacial score (nSPS) is 10.9. The monoisotopic (exact) mass is 403 g/mol. The summed E-state index contributed by atoms with van der Waals surface area (Å²) in [6, 6.07) is 17.3.